The third kappa shape index (κ3) is 7.37. The third-order valence-electron chi connectivity index (χ3n) is 5.30. The highest BCUT2D eigenvalue weighted by Crippen LogP contribution is 2.34. The molecule has 0 fully saturated rings. The van der Waals surface area contributed by atoms with Gasteiger partial charge in [-0.25, -0.2) is 0 Å². The second kappa shape index (κ2) is 12.3. The summed E-state index contributed by atoms with van der Waals surface area (Å²) in [5, 5.41) is 6.25. The minimum absolute atomic E-state index is 0.0818. The lowest BCUT2D eigenvalue weighted by atomic mass is 10.1. The van der Waals surface area contributed by atoms with Gasteiger partial charge in [0.05, 0.1) is 16.6 Å². The maximum atomic E-state index is 12.8. The van der Waals surface area contributed by atoms with Crippen LogP contribution in [0, 0.1) is 12.8 Å². The van der Waals surface area contributed by atoms with E-state index in [4.69, 9.17) is 22.7 Å². The molecule has 0 saturated heterocycles. The van der Waals surface area contributed by atoms with Crippen molar-refractivity contribution in [1.82, 2.24) is 5.32 Å². The molecular formula is C26H28BrN3O3S2. The number of thiocarbonyl (C=S) groups is 1. The summed E-state index contributed by atoms with van der Waals surface area (Å²) in [6, 6.07) is 15.1. The number of rotatable bonds is 9. The fourth-order valence-electron chi connectivity index (χ4n) is 3.37. The van der Waals surface area contributed by atoms with Gasteiger partial charge in [0.2, 0.25) is 0 Å². The van der Waals surface area contributed by atoms with Gasteiger partial charge in [-0.05, 0) is 76.7 Å². The molecule has 4 N–H and O–H groups in total. The standard InChI is InChI=1S/C26H28BrN3O3S2/c1-15(2)11-12-33-20-10-9-18(14-19(20)27)24(32)29-26(34)30-25-22(23(28)31)16(3)21(35-25)13-17-7-5-4-6-8-17/h4-10,14-15H,11-13H2,1-3H3,(H2,28,31)(H2,29,30,32,34). The number of anilines is 1. The smallest absolute Gasteiger partial charge is 0.257 e. The molecule has 0 aliphatic heterocycles. The van der Waals surface area contributed by atoms with E-state index in [1.54, 1.807) is 18.2 Å². The Hall–Kier alpha value is -2.75. The fraction of sp³-hybridized carbons (Fsp3) is 0.269. The van der Waals surface area contributed by atoms with E-state index >= 15 is 0 Å². The van der Waals surface area contributed by atoms with Gasteiger partial charge in [0.25, 0.3) is 11.8 Å². The quantitative estimate of drug-likeness (QED) is 0.270. The highest BCUT2D eigenvalue weighted by molar-refractivity contribution is 9.10. The highest BCUT2D eigenvalue weighted by Gasteiger charge is 2.21. The van der Waals surface area contributed by atoms with E-state index in [-0.39, 0.29) is 11.0 Å². The Morgan fingerprint density at radius 2 is 1.89 bits per heavy atom. The average Bonchev–Trinajstić information content (AvgIpc) is 3.09. The van der Waals surface area contributed by atoms with Crippen LogP contribution in [0.3, 0.4) is 0 Å². The Morgan fingerprint density at radius 1 is 1.17 bits per heavy atom. The van der Waals surface area contributed by atoms with E-state index < -0.39 is 5.91 Å². The second-order valence-corrected chi connectivity index (χ2v) is 10.8. The van der Waals surface area contributed by atoms with E-state index in [9.17, 15) is 9.59 Å². The molecule has 184 valence electrons. The van der Waals surface area contributed by atoms with Gasteiger partial charge < -0.3 is 15.8 Å². The minimum Gasteiger partial charge on any atom is -0.492 e. The van der Waals surface area contributed by atoms with Gasteiger partial charge in [0.1, 0.15) is 10.8 Å². The van der Waals surface area contributed by atoms with Gasteiger partial charge >= 0.3 is 0 Å². The number of carbonyl (C=O) groups excluding carboxylic acids is 2. The number of nitrogens with one attached hydrogen (secondary N) is 2. The molecule has 2 aromatic carbocycles. The first-order valence-electron chi connectivity index (χ1n) is 11.2. The van der Waals surface area contributed by atoms with Crippen LogP contribution >= 0.6 is 39.5 Å². The number of carbonyl (C=O) groups is 2. The summed E-state index contributed by atoms with van der Waals surface area (Å²) < 4.78 is 6.46. The molecule has 0 spiro atoms. The lowest BCUT2D eigenvalue weighted by Gasteiger charge is -2.12. The Balaban J connectivity index is 1.68. The van der Waals surface area contributed by atoms with Crippen molar-refractivity contribution in [3.63, 3.8) is 0 Å². The molecule has 3 aromatic rings. The second-order valence-electron chi connectivity index (χ2n) is 8.47. The van der Waals surface area contributed by atoms with Gasteiger partial charge in [-0.15, -0.1) is 11.3 Å². The summed E-state index contributed by atoms with van der Waals surface area (Å²) >= 11 is 10.2. The summed E-state index contributed by atoms with van der Waals surface area (Å²) in [5.74, 6) is 0.292. The van der Waals surface area contributed by atoms with Crippen LogP contribution in [0.1, 0.15) is 57.0 Å². The molecule has 0 radical (unpaired) electrons. The Labute approximate surface area is 223 Å². The maximum absolute atomic E-state index is 12.8. The molecule has 3 rings (SSSR count). The molecule has 1 aromatic heterocycles. The zero-order valence-corrected chi connectivity index (χ0v) is 23.0. The van der Waals surface area contributed by atoms with E-state index in [1.165, 1.54) is 11.3 Å². The number of amides is 2. The molecule has 35 heavy (non-hydrogen) atoms. The van der Waals surface area contributed by atoms with E-state index in [1.807, 2.05) is 37.3 Å². The van der Waals surface area contributed by atoms with Gasteiger partial charge in [0.15, 0.2) is 5.11 Å². The van der Waals surface area contributed by atoms with E-state index in [0.29, 0.717) is 45.3 Å². The van der Waals surface area contributed by atoms with Crippen LogP contribution in [-0.2, 0) is 6.42 Å². The zero-order valence-electron chi connectivity index (χ0n) is 19.8. The largest absolute Gasteiger partial charge is 0.492 e. The first kappa shape index (κ1) is 26.8. The molecule has 0 aliphatic carbocycles. The SMILES string of the molecule is Cc1c(Cc2ccccc2)sc(NC(=S)NC(=O)c2ccc(OCCC(C)C)c(Br)c2)c1C(N)=O. The number of halogens is 1. The Kier molecular flexibility index (Phi) is 9.42. The van der Waals surface area contributed by atoms with Crippen LogP contribution < -0.4 is 21.1 Å². The minimum atomic E-state index is -0.549. The molecular weight excluding hydrogens is 546 g/mol. The van der Waals surface area contributed by atoms with Gasteiger partial charge in [-0.2, -0.15) is 0 Å². The summed E-state index contributed by atoms with van der Waals surface area (Å²) in [6.45, 7) is 6.74. The normalized spacial score (nSPS) is 10.8. The van der Waals surface area contributed by atoms with Crippen LogP contribution in [0.4, 0.5) is 5.00 Å². The monoisotopic (exact) mass is 573 g/mol. The first-order chi connectivity index (χ1) is 16.7. The molecule has 0 unspecified atom stereocenters. The Morgan fingerprint density at radius 3 is 2.51 bits per heavy atom. The first-order valence-corrected chi connectivity index (χ1v) is 13.2. The molecule has 9 heteroatoms. The zero-order chi connectivity index (χ0) is 25.5. The molecule has 0 aliphatic rings. The number of benzene rings is 2. The van der Waals surface area contributed by atoms with Crippen LogP contribution in [-0.4, -0.2) is 23.5 Å². The lowest BCUT2D eigenvalue weighted by Crippen LogP contribution is -2.34. The van der Waals surface area contributed by atoms with Gasteiger partial charge in [-0.3, -0.25) is 14.9 Å². The topological polar surface area (TPSA) is 93.4 Å². The molecule has 0 atom stereocenters. The van der Waals surface area contributed by atoms with Crippen molar-refractivity contribution < 1.29 is 14.3 Å². The summed E-state index contributed by atoms with van der Waals surface area (Å²) in [5.41, 5.74) is 8.37. The Bertz CT molecular complexity index is 1230. The van der Waals surface area contributed by atoms with Crippen molar-refractivity contribution in [3.05, 3.63) is 80.1 Å². The van der Waals surface area contributed by atoms with Crippen molar-refractivity contribution in [1.29, 1.82) is 0 Å². The summed E-state index contributed by atoms with van der Waals surface area (Å²) in [7, 11) is 0. The molecule has 0 bridgehead atoms. The highest BCUT2D eigenvalue weighted by atomic mass is 79.9. The fourth-order valence-corrected chi connectivity index (χ4v) is 5.37. The average molecular weight is 575 g/mol. The van der Waals surface area contributed by atoms with Crippen LogP contribution in [0.2, 0.25) is 0 Å². The van der Waals surface area contributed by atoms with Crippen LogP contribution in [0.5, 0.6) is 5.75 Å². The van der Waals surface area contributed by atoms with Crippen LogP contribution in [0.25, 0.3) is 0 Å². The predicted molar refractivity (Wildman–Crippen MR) is 150 cm³/mol. The summed E-state index contributed by atoms with van der Waals surface area (Å²) in [6.07, 6.45) is 1.61. The predicted octanol–water partition coefficient (Wildman–Crippen LogP) is 6.06. The maximum Gasteiger partial charge on any atom is 0.257 e. The van der Waals surface area contributed by atoms with Crippen molar-refractivity contribution in [2.24, 2.45) is 11.7 Å². The number of ether oxygens (including phenoxy) is 1. The van der Waals surface area contributed by atoms with Gasteiger partial charge in [-0.1, -0.05) is 44.2 Å². The van der Waals surface area contributed by atoms with E-state index in [0.717, 1.165) is 22.4 Å². The third-order valence-corrected chi connectivity index (χ3v) is 7.33. The van der Waals surface area contributed by atoms with Crippen molar-refractivity contribution in [3.8, 4) is 5.75 Å². The summed E-state index contributed by atoms with van der Waals surface area (Å²) in [4.78, 5) is 25.9. The number of hydrogen-bond donors (Lipinski definition) is 3. The van der Waals surface area contributed by atoms with Gasteiger partial charge in [0, 0.05) is 16.9 Å². The van der Waals surface area contributed by atoms with Crippen molar-refractivity contribution in [2.75, 3.05) is 11.9 Å². The molecule has 6 nitrogen and oxygen atoms in total. The van der Waals surface area contributed by atoms with Crippen LogP contribution in [0.15, 0.2) is 53.0 Å². The molecule has 2 amide bonds. The number of thiophene rings is 1. The molecule has 1 heterocycles. The lowest BCUT2D eigenvalue weighted by molar-refractivity contribution is 0.0975. The molecule has 0 saturated carbocycles. The van der Waals surface area contributed by atoms with E-state index in [2.05, 4.69) is 40.4 Å². The number of nitrogens with two attached hydrogens (primary N) is 1. The van der Waals surface area contributed by atoms with Crippen molar-refractivity contribution >= 4 is 61.4 Å². The van der Waals surface area contributed by atoms with Crippen molar-refractivity contribution in [2.45, 2.75) is 33.6 Å². The number of primary amides is 1. The number of hydrogen-bond acceptors (Lipinski definition) is 5.